The van der Waals surface area contributed by atoms with Gasteiger partial charge < -0.3 is 45.8 Å². The predicted octanol–water partition coefficient (Wildman–Crippen LogP) is 0.402. The van der Waals surface area contributed by atoms with Crippen LogP contribution in [0, 0.1) is 23.7 Å². The largest absolute Gasteiger partial charge is 0.390 e. The Bertz CT molecular complexity index is 1470. The SMILES string of the molecule is C=C[C@H](C)C[C@@H]1NC(=O)[C@H]([C@H](O)C(C)C)N(C)C(=O)[C@H](C)N(C)C(=O)[C@@H]([C@@H](C)CC)NC(=O)[C@@H]([C@H](O)C2CC2)NC(=O)[C@H]2CCCCN2C(=O)[C@H](C)N(C)C1=O. The second-order valence-electron chi connectivity index (χ2n) is 16.6. The normalized spacial score (nSPS) is 30.8. The van der Waals surface area contributed by atoms with Crippen molar-refractivity contribution in [2.75, 3.05) is 27.7 Å². The first kappa shape index (κ1) is 46.3. The van der Waals surface area contributed by atoms with Gasteiger partial charge in [0.25, 0.3) is 0 Å². The van der Waals surface area contributed by atoms with Crippen LogP contribution >= 0.6 is 0 Å². The third kappa shape index (κ3) is 10.7. The molecule has 1 saturated carbocycles. The lowest BCUT2D eigenvalue weighted by molar-refractivity contribution is -0.153. The van der Waals surface area contributed by atoms with E-state index in [1.807, 2.05) is 13.8 Å². The Balaban J connectivity index is 2.19. The van der Waals surface area contributed by atoms with Crippen molar-refractivity contribution >= 4 is 41.4 Å². The second kappa shape index (κ2) is 19.9. The zero-order chi connectivity index (χ0) is 42.3. The second-order valence-corrected chi connectivity index (χ2v) is 16.6. The lowest BCUT2D eigenvalue weighted by atomic mass is 9.95. The highest BCUT2D eigenvalue weighted by molar-refractivity contribution is 5.98. The molecule has 0 bridgehead atoms. The highest BCUT2D eigenvalue weighted by Crippen LogP contribution is 2.34. The molecule has 0 aromatic heterocycles. The molecule has 0 aromatic carbocycles. The van der Waals surface area contributed by atoms with Gasteiger partial charge in [0.05, 0.1) is 12.2 Å². The number of likely N-dealkylation sites (N-methyl/N-ethyl adjacent to an activating group) is 3. The quantitative estimate of drug-likeness (QED) is 0.205. The van der Waals surface area contributed by atoms with Crippen molar-refractivity contribution in [3.05, 3.63) is 12.7 Å². The van der Waals surface area contributed by atoms with Crippen LogP contribution in [-0.2, 0) is 33.6 Å². The van der Waals surface area contributed by atoms with E-state index in [4.69, 9.17) is 0 Å². The van der Waals surface area contributed by atoms with E-state index in [9.17, 15) is 43.8 Å². The summed E-state index contributed by atoms with van der Waals surface area (Å²) in [6.07, 6.45) is 2.30. The van der Waals surface area contributed by atoms with Gasteiger partial charge in [-0.15, -0.1) is 6.58 Å². The van der Waals surface area contributed by atoms with Gasteiger partial charge in [-0.05, 0) is 76.0 Å². The first-order valence-corrected chi connectivity index (χ1v) is 20.2. The van der Waals surface area contributed by atoms with Gasteiger partial charge >= 0.3 is 0 Å². The van der Waals surface area contributed by atoms with Gasteiger partial charge in [-0.2, -0.15) is 0 Å². The molecule has 5 N–H and O–H groups in total. The summed E-state index contributed by atoms with van der Waals surface area (Å²) in [6, 6.07) is -8.56. The van der Waals surface area contributed by atoms with Crippen molar-refractivity contribution in [3.8, 4) is 0 Å². The van der Waals surface area contributed by atoms with E-state index >= 15 is 0 Å². The number of nitrogens with zero attached hydrogens (tertiary/aromatic N) is 4. The standard InChI is InChI=1S/C40H67N7O9/c1-12-22(5)20-27-39(55)44(9)25(8)38(54)47-19-15-14-16-28(47)34(50)43-30(33(49)26-17-18-26)35(51)42-29(23(6)13-2)40(56)45(10)24(7)37(53)46(11)31(36(52)41-27)32(48)21(3)4/h12,21-33,48-49H,1,13-20H2,2-11H3,(H,41,52)(H,42,51)(H,43,50)/t22-,23-,24-,25-,27-,28+,29+,30+,31-,32+,33+/m0/s1. The average molecular weight is 790 g/mol. The minimum absolute atomic E-state index is 0.0899. The van der Waals surface area contributed by atoms with E-state index in [0.29, 0.717) is 32.1 Å². The van der Waals surface area contributed by atoms with E-state index in [2.05, 4.69) is 22.5 Å². The number of carbonyl (C=O) groups excluding carboxylic acids is 7. The lowest BCUT2D eigenvalue weighted by Crippen LogP contribution is -2.63. The summed E-state index contributed by atoms with van der Waals surface area (Å²) < 4.78 is 0. The molecule has 3 fully saturated rings. The predicted molar refractivity (Wildman–Crippen MR) is 209 cm³/mol. The van der Waals surface area contributed by atoms with E-state index < -0.39 is 108 Å². The smallest absolute Gasteiger partial charge is 0.246 e. The highest BCUT2D eigenvalue weighted by atomic mass is 16.3. The van der Waals surface area contributed by atoms with Gasteiger partial charge in [-0.25, -0.2) is 0 Å². The van der Waals surface area contributed by atoms with Gasteiger partial charge in [0, 0.05) is 27.7 Å². The van der Waals surface area contributed by atoms with Crippen molar-refractivity contribution in [2.24, 2.45) is 23.7 Å². The average Bonchev–Trinajstić information content (AvgIpc) is 4.04. The maximum atomic E-state index is 14.2. The summed E-state index contributed by atoms with van der Waals surface area (Å²) >= 11 is 0. The van der Waals surface area contributed by atoms with Crippen molar-refractivity contribution in [1.82, 2.24) is 35.6 Å². The first-order valence-electron chi connectivity index (χ1n) is 20.2. The van der Waals surface area contributed by atoms with Crippen molar-refractivity contribution < 1.29 is 43.8 Å². The molecule has 16 nitrogen and oxygen atoms in total. The number of hydrogen-bond donors (Lipinski definition) is 5. The van der Waals surface area contributed by atoms with Crippen LogP contribution in [0.5, 0.6) is 0 Å². The fourth-order valence-electron chi connectivity index (χ4n) is 7.38. The molecule has 0 spiro atoms. The number of aliphatic hydroxyl groups excluding tert-OH is 2. The van der Waals surface area contributed by atoms with Crippen LogP contribution in [0.15, 0.2) is 12.7 Å². The van der Waals surface area contributed by atoms with E-state index in [0.717, 1.165) is 4.90 Å². The number of allylic oxidation sites excluding steroid dienone is 1. The summed E-state index contributed by atoms with van der Waals surface area (Å²) in [6.45, 7) is 15.8. The van der Waals surface area contributed by atoms with Crippen molar-refractivity contribution in [3.63, 3.8) is 0 Å². The Morgan fingerprint density at radius 1 is 0.732 bits per heavy atom. The summed E-state index contributed by atoms with van der Waals surface area (Å²) in [7, 11) is 4.18. The number of nitrogens with one attached hydrogen (secondary N) is 3. The zero-order valence-corrected chi connectivity index (χ0v) is 35.0. The fraction of sp³-hybridized carbons (Fsp3) is 0.775. The third-order valence-electron chi connectivity index (χ3n) is 12.1. The molecule has 1 aliphatic carbocycles. The number of hydrogen-bond acceptors (Lipinski definition) is 9. The summed E-state index contributed by atoms with van der Waals surface area (Å²) in [5.74, 6) is -6.14. The van der Waals surface area contributed by atoms with Crippen molar-refractivity contribution in [2.45, 2.75) is 148 Å². The summed E-state index contributed by atoms with van der Waals surface area (Å²) in [5, 5.41) is 31.0. The number of aliphatic hydroxyl groups is 2. The molecule has 2 saturated heterocycles. The molecule has 7 amide bonds. The van der Waals surface area contributed by atoms with Crippen LogP contribution in [0.2, 0.25) is 0 Å². The van der Waals surface area contributed by atoms with Crippen LogP contribution in [-0.4, -0.2) is 153 Å². The minimum Gasteiger partial charge on any atom is -0.390 e. The minimum atomic E-state index is -1.48. The summed E-state index contributed by atoms with van der Waals surface area (Å²) in [5.41, 5.74) is 0. The highest BCUT2D eigenvalue weighted by Gasteiger charge is 2.46. The Hall–Kier alpha value is -4.05. The van der Waals surface area contributed by atoms with E-state index in [1.165, 1.54) is 49.7 Å². The molecule has 316 valence electrons. The van der Waals surface area contributed by atoms with Gasteiger partial charge in [0.15, 0.2) is 0 Å². The molecule has 2 aliphatic heterocycles. The topological polar surface area (TPSA) is 209 Å². The number of amides is 7. The third-order valence-corrected chi connectivity index (χ3v) is 12.1. The van der Waals surface area contributed by atoms with Gasteiger partial charge in [0.2, 0.25) is 41.4 Å². The molecule has 16 heteroatoms. The van der Waals surface area contributed by atoms with Crippen molar-refractivity contribution in [1.29, 1.82) is 0 Å². The lowest BCUT2D eigenvalue weighted by Gasteiger charge is -2.39. The molecule has 56 heavy (non-hydrogen) atoms. The van der Waals surface area contributed by atoms with Crippen LogP contribution in [0.4, 0.5) is 0 Å². The summed E-state index contributed by atoms with van der Waals surface area (Å²) in [4.78, 5) is 104. The van der Waals surface area contributed by atoms with E-state index in [-0.39, 0.29) is 31.2 Å². The number of fused-ring (bicyclic) bond motifs is 1. The molecule has 0 unspecified atom stereocenters. The van der Waals surface area contributed by atoms with Gasteiger partial charge in [0.1, 0.15) is 42.3 Å². The zero-order valence-electron chi connectivity index (χ0n) is 35.0. The van der Waals surface area contributed by atoms with Crippen LogP contribution in [0.25, 0.3) is 0 Å². The maximum absolute atomic E-state index is 14.2. The van der Waals surface area contributed by atoms with Gasteiger partial charge in [-0.1, -0.05) is 47.1 Å². The Morgan fingerprint density at radius 3 is 1.86 bits per heavy atom. The molecule has 0 radical (unpaired) electrons. The Morgan fingerprint density at radius 2 is 1.30 bits per heavy atom. The Kier molecular flexibility index (Phi) is 16.5. The Labute approximate surface area is 332 Å². The molecule has 11 atom stereocenters. The number of carbonyl (C=O) groups is 7. The maximum Gasteiger partial charge on any atom is 0.246 e. The molecule has 3 rings (SSSR count). The molecule has 0 aromatic rings. The number of piperidine rings is 1. The van der Waals surface area contributed by atoms with Gasteiger partial charge in [-0.3, -0.25) is 33.6 Å². The first-order chi connectivity index (χ1) is 26.2. The van der Waals surface area contributed by atoms with Crippen LogP contribution < -0.4 is 16.0 Å². The van der Waals surface area contributed by atoms with Crippen LogP contribution in [0.1, 0.15) is 93.4 Å². The monoisotopic (exact) mass is 790 g/mol. The molecule has 3 aliphatic rings. The molecular formula is C40H67N7O9. The molecular weight excluding hydrogens is 722 g/mol. The van der Waals surface area contributed by atoms with E-state index in [1.54, 1.807) is 26.8 Å². The fourth-order valence-corrected chi connectivity index (χ4v) is 7.38. The van der Waals surface area contributed by atoms with Crippen LogP contribution in [0.3, 0.4) is 0 Å². The molecule has 2 heterocycles. The number of rotatable bonds is 9.